The SMILES string of the molecule is O=C(O)C=CCNC(=O)CC1CCC1. The number of hydrogen-bond acceptors (Lipinski definition) is 2. The van der Waals surface area contributed by atoms with Gasteiger partial charge in [-0.05, 0) is 18.8 Å². The number of aliphatic carboxylic acids is 1. The summed E-state index contributed by atoms with van der Waals surface area (Å²) < 4.78 is 0. The normalized spacial score (nSPS) is 16.6. The quantitative estimate of drug-likeness (QED) is 0.644. The first-order valence-electron chi connectivity index (χ1n) is 4.84. The molecule has 1 aliphatic rings. The van der Waals surface area contributed by atoms with Crippen molar-refractivity contribution in [2.24, 2.45) is 5.92 Å². The minimum absolute atomic E-state index is 0.0183. The van der Waals surface area contributed by atoms with Crippen LogP contribution in [0, 0.1) is 5.92 Å². The molecule has 1 aliphatic carbocycles. The van der Waals surface area contributed by atoms with E-state index >= 15 is 0 Å². The molecular formula is C10H15NO3. The van der Waals surface area contributed by atoms with E-state index in [0.717, 1.165) is 18.9 Å². The molecular weight excluding hydrogens is 182 g/mol. The first kappa shape index (κ1) is 10.8. The maximum atomic E-state index is 11.2. The van der Waals surface area contributed by atoms with Gasteiger partial charge < -0.3 is 10.4 Å². The van der Waals surface area contributed by atoms with Crippen molar-refractivity contribution in [1.29, 1.82) is 0 Å². The van der Waals surface area contributed by atoms with Crippen LogP contribution in [0.15, 0.2) is 12.2 Å². The second-order valence-electron chi connectivity index (χ2n) is 3.55. The molecule has 0 aliphatic heterocycles. The van der Waals surface area contributed by atoms with E-state index < -0.39 is 5.97 Å². The summed E-state index contributed by atoms with van der Waals surface area (Å²) in [5.41, 5.74) is 0. The van der Waals surface area contributed by atoms with Gasteiger partial charge >= 0.3 is 5.97 Å². The Labute approximate surface area is 83.0 Å². The summed E-state index contributed by atoms with van der Waals surface area (Å²) in [4.78, 5) is 21.3. The lowest BCUT2D eigenvalue weighted by Gasteiger charge is -2.24. The van der Waals surface area contributed by atoms with Crippen molar-refractivity contribution in [1.82, 2.24) is 5.32 Å². The Balaban J connectivity index is 2.05. The average molecular weight is 197 g/mol. The number of carboxylic acid groups (broad SMARTS) is 1. The van der Waals surface area contributed by atoms with Gasteiger partial charge in [-0.3, -0.25) is 4.79 Å². The Hall–Kier alpha value is -1.32. The van der Waals surface area contributed by atoms with Crippen LogP contribution in [0.3, 0.4) is 0 Å². The maximum absolute atomic E-state index is 11.2. The number of amides is 1. The number of carbonyl (C=O) groups is 2. The van der Waals surface area contributed by atoms with Gasteiger partial charge in [0.15, 0.2) is 0 Å². The minimum Gasteiger partial charge on any atom is -0.478 e. The zero-order chi connectivity index (χ0) is 10.4. The molecule has 2 N–H and O–H groups in total. The third-order valence-corrected chi connectivity index (χ3v) is 2.38. The van der Waals surface area contributed by atoms with Crippen molar-refractivity contribution in [3.05, 3.63) is 12.2 Å². The maximum Gasteiger partial charge on any atom is 0.328 e. The van der Waals surface area contributed by atoms with Crippen molar-refractivity contribution < 1.29 is 14.7 Å². The first-order chi connectivity index (χ1) is 6.68. The van der Waals surface area contributed by atoms with Crippen LogP contribution in [-0.4, -0.2) is 23.5 Å². The van der Waals surface area contributed by atoms with Gasteiger partial charge in [0, 0.05) is 19.0 Å². The van der Waals surface area contributed by atoms with Crippen LogP contribution >= 0.6 is 0 Å². The van der Waals surface area contributed by atoms with E-state index in [2.05, 4.69) is 5.32 Å². The summed E-state index contributed by atoms with van der Waals surface area (Å²) in [6.45, 7) is 0.303. The molecule has 0 aromatic heterocycles. The van der Waals surface area contributed by atoms with Crippen molar-refractivity contribution in [2.75, 3.05) is 6.54 Å². The summed E-state index contributed by atoms with van der Waals surface area (Å²) in [5, 5.41) is 10.9. The van der Waals surface area contributed by atoms with Crippen LogP contribution in [0.4, 0.5) is 0 Å². The smallest absolute Gasteiger partial charge is 0.328 e. The Bertz CT molecular complexity index is 244. The molecule has 1 rings (SSSR count). The summed E-state index contributed by atoms with van der Waals surface area (Å²) in [6.07, 6.45) is 6.58. The highest BCUT2D eigenvalue weighted by atomic mass is 16.4. The highest BCUT2D eigenvalue weighted by Crippen LogP contribution is 2.28. The van der Waals surface area contributed by atoms with Gasteiger partial charge in [0.1, 0.15) is 0 Å². The minimum atomic E-state index is -0.988. The Morgan fingerprint density at radius 1 is 1.43 bits per heavy atom. The molecule has 4 heteroatoms. The zero-order valence-electron chi connectivity index (χ0n) is 8.03. The van der Waals surface area contributed by atoms with E-state index in [-0.39, 0.29) is 5.91 Å². The van der Waals surface area contributed by atoms with Crippen LogP contribution in [-0.2, 0) is 9.59 Å². The molecule has 0 radical (unpaired) electrons. The van der Waals surface area contributed by atoms with E-state index in [9.17, 15) is 9.59 Å². The van der Waals surface area contributed by atoms with Gasteiger partial charge in [0.25, 0.3) is 0 Å². The molecule has 0 unspecified atom stereocenters. The predicted octanol–water partition coefficient (Wildman–Crippen LogP) is 0.934. The summed E-state index contributed by atoms with van der Waals surface area (Å²) in [7, 11) is 0. The van der Waals surface area contributed by atoms with Gasteiger partial charge in [-0.1, -0.05) is 12.5 Å². The molecule has 1 fully saturated rings. The zero-order valence-corrected chi connectivity index (χ0v) is 8.03. The molecule has 0 heterocycles. The van der Waals surface area contributed by atoms with Crippen LogP contribution < -0.4 is 5.32 Å². The largest absolute Gasteiger partial charge is 0.478 e. The fourth-order valence-electron chi connectivity index (χ4n) is 1.36. The lowest BCUT2D eigenvalue weighted by molar-refractivity contribution is -0.131. The topological polar surface area (TPSA) is 66.4 Å². The average Bonchev–Trinajstić information content (AvgIpc) is 2.05. The van der Waals surface area contributed by atoms with Gasteiger partial charge in [0.05, 0.1) is 0 Å². The summed E-state index contributed by atoms with van der Waals surface area (Å²) >= 11 is 0. The molecule has 4 nitrogen and oxygen atoms in total. The molecule has 0 aromatic rings. The Morgan fingerprint density at radius 3 is 2.64 bits per heavy atom. The highest BCUT2D eigenvalue weighted by Gasteiger charge is 2.19. The summed E-state index contributed by atoms with van der Waals surface area (Å²) in [5.74, 6) is -0.415. The molecule has 14 heavy (non-hydrogen) atoms. The fourth-order valence-corrected chi connectivity index (χ4v) is 1.36. The van der Waals surface area contributed by atoms with E-state index in [1.165, 1.54) is 12.5 Å². The molecule has 78 valence electrons. The lowest BCUT2D eigenvalue weighted by Crippen LogP contribution is -2.27. The second kappa shape index (κ2) is 5.42. The van der Waals surface area contributed by atoms with Crippen LogP contribution in [0.5, 0.6) is 0 Å². The molecule has 0 spiro atoms. The number of carbonyl (C=O) groups excluding carboxylic acids is 1. The van der Waals surface area contributed by atoms with Gasteiger partial charge in [-0.15, -0.1) is 0 Å². The number of hydrogen-bond donors (Lipinski definition) is 2. The lowest BCUT2D eigenvalue weighted by atomic mass is 9.83. The molecule has 0 aromatic carbocycles. The number of carboxylic acids is 1. The number of nitrogens with one attached hydrogen (secondary N) is 1. The Morgan fingerprint density at radius 2 is 2.14 bits per heavy atom. The Kier molecular flexibility index (Phi) is 4.16. The van der Waals surface area contributed by atoms with E-state index in [1.807, 2.05) is 0 Å². The van der Waals surface area contributed by atoms with E-state index in [4.69, 9.17) is 5.11 Å². The molecule has 1 saturated carbocycles. The van der Waals surface area contributed by atoms with Crippen molar-refractivity contribution in [2.45, 2.75) is 25.7 Å². The first-order valence-corrected chi connectivity index (χ1v) is 4.84. The van der Waals surface area contributed by atoms with Crippen molar-refractivity contribution >= 4 is 11.9 Å². The highest BCUT2D eigenvalue weighted by molar-refractivity contribution is 5.80. The van der Waals surface area contributed by atoms with Crippen molar-refractivity contribution in [3.63, 3.8) is 0 Å². The van der Waals surface area contributed by atoms with E-state index in [0.29, 0.717) is 18.9 Å². The molecule has 0 atom stereocenters. The predicted molar refractivity (Wildman–Crippen MR) is 51.7 cm³/mol. The molecule has 1 amide bonds. The van der Waals surface area contributed by atoms with Crippen molar-refractivity contribution in [3.8, 4) is 0 Å². The van der Waals surface area contributed by atoms with Crippen LogP contribution in [0.1, 0.15) is 25.7 Å². The van der Waals surface area contributed by atoms with Crippen LogP contribution in [0.25, 0.3) is 0 Å². The monoisotopic (exact) mass is 197 g/mol. The fraction of sp³-hybridized carbons (Fsp3) is 0.600. The summed E-state index contributed by atoms with van der Waals surface area (Å²) in [6, 6.07) is 0. The van der Waals surface area contributed by atoms with Gasteiger partial charge in [-0.25, -0.2) is 4.79 Å². The third-order valence-electron chi connectivity index (χ3n) is 2.38. The third kappa shape index (κ3) is 4.07. The number of rotatable bonds is 5. The second-order valence-corrected chi connectivity index (χ2v) is 3.55. The van der Waals surface area contributed by atoms with E-state index in [1.54, 1.807) is 0 Å². The molecule has 0 saturated heterocycles. The van der Waals surface area contributed by atoms with Gasteiger partial charge in [0.2, 0.25) is 5.91 Å². The van der Waals surface area contributed by atoms with Crippen LogP contribution in [0.2, 0.25) is 0 Å². The molecule has 0 bridgehead atoms. The van der Waals surface area contributed by atoms with Gasteiger partial charge in [-0.2, -0.15) is 0 Å². The standard InChI is InChI=1S/C10H15NO3/c12-9(7-8-3-1-4-8)11-6-2-5-10(13)14/h2,5,8H,1,3-4,6-7H2,(H,11,12)(H,13,14).